The first-order valence-electron chi connectivity index (χ1n) is 7.72. The standard InChI is InChI=1S/C16H20N4O3S/c1-8-5-11(14(22)23)24-10(8)3-4-16(2)6-9-12(18-7-16)19-15(17)20-13(9)21/h5H,3-4,6-7H2,1-2H3,(H,22,23)(H4,17,18,19,20,21). The minimum Gasteiger partial charge on any atom is -0.477 e. The topological polar surface area (TPSA) is 121 Å². The molecule has 2 aromatic rings. The summed E-state index contributed by atoms with van der Waals surface area (Å²) < 4.78 is 0. The molecule has 24 heavy (non-hydrogen) atoms. The van der Waals surface area contributed by atoms with Gasteiger partial charge in [-0.05, 0) is 43.2 Å². The molecule has 0 aliphatic carbocycles. The predicted molar refractivity (Wildman–Crippen MR) is 93.9 cm³/mol. The van der Waals surface area contributed by atoms with Crippen LogP contribution in [-0.4, -0.2) is 27.6 Å². The van der Waals surface area contributed by atoms with Crippen LogP contribution >= 0.6 is 11.3 Å². The number of carboxylic acid groups (broad SMARTS) is 1. The number of nitrogens with one attached hydrogen (secondary N) is 2. The van der Waals surface area contributed by atoms with E-state index in [9.17, 15) is 9.59 Å². The Labute approximate surface area is 142 Å². The number of nitrogens with two attached hydrogens (primary N) is 1. The minimum atomic E-state index is -0.885. The Morgan fingerprint density at radius 2 is 2.29 bits per heavy atom. The second-order valence-electron chi connectivity index (χ2n) is 6.64. The molecule has 5 N–H and O–H groups in total. The van der Waals surface area contributed by atoms with Gasteiger partial charge in [-0.15, -0.1) is 11.3 Å². The number of aryl methyl sites for hydroxylation is 2. The molecule has 0 radical (unpaired) electrons. The SMILES string of the molecule is Cc1cc(C(=O)O)sc1CCC1(C)CNc2nc(N)[nH]c(=O)c2C1. The number of aromatic carboxylic acids is 1. The van der Waals surface area contributed by atoms with Gasteiger partial charge < -0.3 is 16.2 Å². The summed E-state index contributed by atoms with van der Waals surface area (Å²) in [6, 6.07) is 1.72. The number of nitrogens with zero attached hydrogens (tertiary/aromatic N) is 1. The smallest absolute Gasteiger partial charge is 0.345 e. The highest BCUT2D eigenvalue weighted by Crippen LogP contribution is 2.35. The van der Waals surface area contributed by atoms with Gasteiger partial charge in [-0.2, -0.15) is 4.98 Å². The van der Waals surface area contributed by atoms with Crippen molar-refractivity contribution < 1.29 is 9.90 Å². The van der Waals surface area contributed by atoms with Gasteiger partial charge >= 0.3 is 5.97 Å². The second kappa shape index (κ2) is 5.94. The lowest BCUT2D eigenvalue weighted by molar-refractivity contribution is 0.0702. The largest absolute Gasteiger partial charge is 0.477 e. The molecule has 2 aromatic heterocycles. The summed E-state index contributed by atoms with van der Waals surface area (Å²) in [6.45, 7) is 4.76. The van der Waals surface area contributed by atoms with Crippen LogP contribution in [0.1, 0.15) is 39.0 Å². The van der Waals surface area contributed by atoms with E-state index in [1.54, 1.807) is 6.07 Å². The maximum atomic E-state index is 12.1. The first-order chi connectivity index (χ1) is 11.3. The first kappa shape index (κ1) is 16.5. The molecule has 0 saturated heterocycles. The number of hydrogen-bond acceptors (Lipinski definition) is 6. The van der Waals surface area contributed by atoms with E-state index in [0.717, 1.165) is 23.3 Å². The van der Waals surface area contributed by atoms with Gasteiger partial charge in [0, 0.05) is 11.4 Å². The van der Waals surface area contributed by atoms with Crippen molar-refractivity contribution in [1.82, 2.24) is 9.97 Å². The third-order valence-corrected chi connectivity index (χ3v) is 5.79. The van der Waals surface area contributed by atoms with Gasteiger partial charge in [-0.3, -0.25) is 9.78 Å². The molecular formula is C16H20N4O3S. The maximum absolute atomic E-state index is 12.1. The molecule has 1 aliphatic heterocycles. The summed E-state index contributed by atoms with van der Waals surface area (Å²) in [5.74, 6) is -0.205. The number of carboxylic acids is 1. The summed E-state index contributed by atoms with van der Waals surface area (Å²) in [5.41, 5.74) is 6.92. The normalized spacial score (nSPS) is 19.6. The number of aromatic nitrogens is 2. The molecule has 8 heteroatoms. The number of fused-ring (bicyclic) bond motifs is 1. The first-order valence-corrected chi connectivity index (χ1v) is 8.54. The number of H-pyrrole nitrogens is 1. The molecule has 1 aliphatic rings. The highest BCUT2D eigenvalue weighted by Gasteiger charge is 2.32. The number of rotatable bonds is 4. The second-order valence-corrected chi connectivity index (χ2v) is 7.78. The molecule has 7 nitrogen and oxygen atoms in total. The molecule has 0 saturated carbocycles. The number of aromatic amines is 1. The maximum Gasteiger partial charge on any atom is 0.345 e. The van der Waals surface area contributed by atoms with Crippen molar-refractivity contribution in [3.63, 3.8) is 0 Å². The lowest BCUT2D eigenvalue weighted by Crippen LogP contribution is -2.38. The van der Waals surface area contributed by atoms with Crippen molar-refractivity contribution in [1.29, 1.82) is 0 Å². The zero-order chi connectivity index (χ0) is 17.5. The zero-order valence-electron chi connectivity index (χ0n) is 13.6. The van der Waals surface area contributed by atoms with E-state index in [-0.39, 0.29) is 16.9 Å². The molecule has 1 unspecified atom stereocenters. The van der Waals surface area contributed by atoms with Gasteiger partial charge in [0.15, 0.2) is 0 Å². The van der Waals surface area contributed by atoms with Gasteiger partial charge in [0.1, 0.15) is 10.7 Å². The highest BCUT2D eigenvalue weighted by molar-refractivity contribution is 7.14. The van der Waals surface area contributed by atoms with Crippen molar-refractivity contribution in [3.8, 4) is 0 Å². The molecule has 1 atom stereocenters. The molecule has 3 rings (SSSR count). The number of anilines is 2. The number of hydrogen-bond donors (Lipinski definition) is 4. The number of nitrogen functional groups attached to an aromatic ring is 1. The summed E-state index contributed by atoms with van der Waals surface area (Å²) in [6.07, 6.45) is 2.26. The van der Waals surface area contributed by atoms with Crippen LogP contribution in [0.2, 0.25) is 0 Å². The fraction of sp³-hybridized carbons (Fsp3) is 0.438. The molecule has 0 amide bonds. The molecule has 0 spiro atoms. The van der Waals surface area contributed by atoms with Crippen LogP contribution in [0, 0.1) is 12.3 Å². The molecular weight excluding hydrogens is 328 g/mol. The Bertz CT molecular complexity index is 857. The highest BCUT2D eigenvalue weighted by atomic mass is 32.1. The van der Waals surface area contributed by atoms with Crippen molar-refractivity contribution in [2.24, 2.45) is 5.41 Å². The van der Waals surface area contributed by atoms with Crippen molar-refractivity contribution >= 4 is 29.1 Å². The summed E-state index contributed by atoms with van der Waals surface area (Å²) in [5, 5.41) is 12.3. The molecule has 0 fully saturated rings. The van der Waals surface area contributed by atoms with Gasteiger partial charge in [0.05, 0.1) is 5.56 Å². The van der Waals surface area contributed by atoms with E-state index in [2.05, 4.69) is 22.2 Å². The Hall–Kier alpha value is -2.35. The van der Waals surface area contributed by atoms with E-state index in [0.29, 0.717) is 29.2 Å². The van der Waals surface area contributed by atoms with Crippen LogP contribution in [0.3, 0.4) is 0 Å². The third-order valence-electron chi connectivity index (χ3n) is 4.51. The van der Waals surface area contributed by atoms with Crippen molar-refractivity contribution in [2.45, 2.75) is 33.1 Å². The molecule has 128 valence electrons. The van der Waals surface area contributed by atoms with Crippen LogP contribution < -0.4 is 16.6 Å². The monoisotopic (exact) mass is 348 g/mol. The van der Waals surface area contributed by atoms with E-state index >= 15 is 0 Å². The van der Waals surface area contributed by atoms with Crippen molar-refractivity contribution in [3.05, 3.63) is 37.3 Å². The molecule has 3 heterocycles. The Balaban J connectivity index is 1.76. The van der Waals surface area contributed by atoms with Crippen LogP contribution in [-0.2, 0) is 12.8 Å². The quantitative estimate of drug-likeness (QED) is 0.671. The van der Waals surface area contributed by atoms with E-state index < -0.39 is 5.97 Å². The van der Waals surface area contributed by atoms with Crippen LogP contribution in [0.25, 0.3) is 0 Å². The summed E-state index contributed by atoms with van der Waals surface area (Å²) >= 11 is 1.33. The minimum absolute atomic E-state index is 0.0996. The molecule has 0 aromatic carbocycles. The van der Waals surface area contributed by atoms with E-state index in [4.69, 9.17) is 10.8 Å². The summed E-state index contributed by atoms with van der Waals surface area (Å²) in [4.78, 5) is 31.3. The zero-order valence-corrected chi connectivity index (χ0v) is 14.4. The van der Waals surface area contributed by atoms with Gasteiger partial charge in [-0.1, -0.05) is 6.92 Å². The Kier molecular flexibility index (Phi) is 4.08. The number of carbonyl (C=O) groups is 1. The Morgan fingerprint density at radius 1 is 1.54 bits per heavy atom. The summed E-state index contributed by atoms with van der Waals surface area (Å²) in [7, 11) is 0. The molecule has 0 bridgehead atoms. The van der Waals surface area contributed by atoms with Crippen LogP contribution in [0.5, 0.6) is 0 Å². The fourth-order valence-electron chi connectivity index (χ4n) is 3.08. The lowest BCUT2D eigenvalue weighted by atomic mass is 9.77. The van der Waals surface area contributed by atoms with Crippen LogP contribution in [0.4, 0.5) is 11.8 Å². The van der Waals surface area contributed by atoms with E-state index in [1.807, 2.05) is 6.92 Å². The fourth-order valence-corrected chi connectivity index (χ4v) is 4.09. The predicted octanol–water partition coefficient (Wildman–Crippen LogP) is 2.03. The van der Waals surface area contributed by atoms with Gasteiger partial charge in [0.2, 0.25) is 5.95 Å². The van der Waals surface area contributed by atoms with Crippen molar-refractivity contribution in [2.75, 3.05) is 17.6 Å². The number of thiophene rings is 1. The lowest BCUT2D eigenvalue weighted by Gasteiger charge is -2.34. The van der Waals surface area contributed by atoms with E-state index in [1.165, 1.54) is 11.3 Å². The van der Waals surface area contributed by atoms with Gasteiger partial charge in [0.25, 0.3) is 5.56 Å². The average Bonchev–Trinajstić information content (AvgIpc) is 2.88. The van der Waals surface area contributed by atoms with Crippen LogP contribution in [0.15, 0.2) is 10.9 Å². The average molecular weight is 348 g/mol. The van der Waals surface area contributed by atoms with Gasteiger partial charge in [-0.25, -0.2) is 4.79 Å². The Morgan fingerprint density at radius 3 is 2.96 bits per heavy atom. The third kappa shape index (κ3) is 3.14.